The van der Waals surface area contributed by atoms with E-state index >= 15 is 0 Å². The number of fused-ring (bicyclic) bond motifs is 1. The first-order valence-corrected chi connectivity index (χ1v) is 9.46. The summed E-state index contributed by atoms with van der Waals surface area (Å²) in [6.45, 7) is 0.102. The van der Waals surface area contributed by atoms with E-state index in [-0.39, 0.29) is 17.0 Å². The number of carboxylic acids is 1. The minimum Gasteiger partial charge on any atom is -0.478 e. The Morgan fingerprint density at radius 3 is 2.67 bits per heavy atom. The predicted octanol–water partition coefficient (Wildman–Crippen LogP) is 3.28. The number of aromatic carboxylic acids is 1. The lowest BCUT2D eigenvalue weighted by molar-refractivity contribution is 0.0697. The van der Waals surface area contributed by atoms with Crippen molar-refractivity contribution in [3.8, 4) is 11.5 Å². The van der Waals surface area contributed by atoms with Gasteiger partial charge in [0.1, 0.15) is 11.5 Å². The second-order valence-electron chi connectivity index (χ2n) is 5.93. The fourth-order valence-corrected chi connectivity index (χ4v) is 4.55. The normalized spacial score (nSPS) is 14.6. The van der Waals surface area contributed by atoms with Crippen LogP contribution in [0.25, 0.3) is 0 Å². The van der Waals surface area contributed by atoms with Crippen molar-refractivity contribution in [3.63, 3.8) is 0 Å². The van der Waals surface area contributed by atoms with Crippen LogP contribution in [0.5, 0.6) is 11.5 Å². The highest BCUT2D eigenvalue weighted by atomic mass is 32.2. The molecule has 0 amide bonds. The van der Waals surface area contributed by atoms with Crippen LogP contribution < -0.4 is 9.04 Å². The largest absolute Gasteiger partial charge is 0.478 e. The van der Waals surface area contributed by atoms with Crippen molar-refractivity contribution in [2.75, 3.05) is 4.31 Å². The number of sulfonamides is 1. The van der Waals surface area contributed by atoms with Crippen LogP contribution in [0.15, 0.2) is 71.9 Å². The maximum atomic E-state index is 12.9. The van der Waals surface area contributed by atoms with Crippen molar-refractivity contribution in [2.45, 2.75) is 11.4 Å². The van der Waals surface area contributed by atoms with Crippen LogP contribution in [0.1, 0.15) is 15.9 Å². The first kappa shape index (κ1) is 17.0. The highest BCUT2D eigenvalue weighted by Crippen LogP contribution is 2.37. The second kappa shape index (κ2) is 6.40. The lowest BCUT2D eigenvalue weighted by Gasteiger charge is -2.17. The molecular weight excluding hydrogens is 368 g/mol. The molecule has 0 spiro atoms. The van der Waals surface area contributed by atoms with Crippen LogP contribution in [-0.2, 0) is 16.6 Å². The van der Waals surface area contributed by atoms with Gasteiger partial charge in [-0.15, -0.1) is 0 Å². The van der Waals surface area contributed by atoms with Gasteiger partial charge in [0, 0.05) is 6.20 Å². The molecule has 136 valence electrons. The summed E-state index contributed by atoms with van der Waals surface area (Å²) in [7, 11) is -3.76. The molecule has 1 aromatic heterocycles. The highest BCUT2D eigenvalue weighted by Gasteiger charge is 2.35. The van der Waals surface area contributed by atoms with Crippen LogP contribution in [-0.4, -0.2) is 24.5 Å². The summed E-state index contributed by atoms with van der Waals surface area (Å²) in [6.07, 6.45) is 3.19. The first-order chi connectivity index (χ1) is 12.9. The van der Waals surface area contributed by atoms with E-state index in [1.165, 1.54) is 28.6 Å². The molecule has 0 fully saturated rings. The van der Waals surface area contributed by atoms with Crippen molar-refractivity contribution in [1.82, 2.24) is 4.98 Å². The number of benzene rings is 2. The third-order valence-corrected chi connectivity index (χ3v) is 6.04. The third kappa shape index (κ3) is 3.11. The van der Waals surface area contributed by atoms with Crippen LogP contribution in [0.4, 0.5) is 5.69 Å². The average Bonchev–Trinajstić information content (AvgIpc) is 2.93. The van der Waals surface area contributed by atoms with Gasteiger partial charge in [-0.3, -0.25) is 9.29 Å². The van der Waals surface area contributed by atoms with Gasteiger partial charge in [-0.25, -0.2) is 13.2 Å². The maximum Gasteiger partial charge on any atom is 0.335 e. The number of hydrogen-bond donors (Lipinski definition) is 1. The number of pyridine rings is 1. The van der Waals surface area contributed by atoms with Gasteiger partial charge in [-0.1, -0.05) is 6.07 Å². The van der Waals surface area contributed by atoms with Gasteiger partial charge in [0.05, 0.1) is 28.9 Å². The molecule has 0 saturated carbocycles. The fourth-order valence-electron chi connectivity index (χ4n) is 2.92. The van der Waals surface area contributed by atoms with Gasteiger partial charge in [0.15, 0.2) is 0 Å². The number of rotatable bonds is 4. The molecule has 0 unspecified atom stereocenters. The predicted molar refractivity (Wildman–Crippen MR) is 97.5 cm³/mol. The van der Waals surface area contributed by atoms with Gasteiger partial charge < -0.3 is 9.84 Å². The van der Waals surface area contributed by atoms with Crippen molar-refractivity contribution in [3.05, 3.63) is 78.1 Å². The lowest BCUT2D eigenvalue weighted by Crippen LogP contribution is -2.23. The highest BCUT2D eigenvalue weighted by molar-refractivity contribution is 7.93. The zero-order valence-corrected chi connectivity index (χ0v) is 14.8. The van der Waals surface area contributed by atoms with Crippen LogP contribution in [0, 0.1) is 0 Å². The molecule has 7 nitrogen and oxygen atoms in total. The van der Waals surface area contributed by atoms with E-state index in [1.807, 2.05) is 0 Å². The van der Waals surface area contributed by atoms with Gasteiger partial charge in [0.2, 0.25) is 0 Å². The Morgan fingerprint density at radius 1 is 1.07 bits per heavy atom. The summed E-state index contributed by atoms with van der Waals surface area (Å²) in [6, 6.07) is 14.1. The summed E-state index contributed by atoms with van der Waals surface area (Å²) in [5.74, 6) is -0.0690. The molecule has 1 N–H and O–H groups in total. The van der Waals surface area contributed by atoms with Gasteiger partial charge >= 0.3 is 5.97 Å². The number of aromatic nitrogens is 1. The maximum absolute atomic E-state index is 12.9. The van der Waals surface area contributed by atoms with E-state index in [1.54, 1.807) is 42.7 Å². The Hall–Kier alpha value is -3.39. The lowest BCUT2D eigenvalue weighted by atomic mass is 10.2. The van der Waals surface area contributed by atoms with Gasteiger partial charge in [0.25, 0.3) is 10.0 Å². The standard InChI is InChI=1S/C19H14N2O5S/c22-19(23)13-3-1-4-15(9-13)21-12-14-10-16(6-7-18(14)27(21,24)25)26-17-5-2-8-20-11-17/h1-11H,12H2,(H,22,23). The minimum atomic E-state index is -3.76. The third-order valence-electron chi connectivity index (χ3n) is 4.17. The Balaban J connectivity index is 1.68. The van der Waals surface area contributed by atoms with E-state index in [4.69, 9.17) is 9.84 Å². The Bertz CT molecular complexity index is 1130. The fraction of sp³-hybridized carbons (Fsp3) is 0.0526. The molecular formula is C19H14N2O5S. The molecule has 0 bridgehead atoms. The number of hydrogen-bond acceptors (Lipinski definition) is 5. The first-order valence-electron chi connectivity index (χ1n) is 8.02. The Kier molecular flexibility index (Phi) is 4.04. The molecule has 1 aliphatic rings. The molecule has 0 radical (unpaired) electrons. The number of nitrogens with zero attached hydrogens (tertiary/aromatic N) is 2. The SMILES string of the molecule is O=C(O)c1cccc(N2Cc3cc(Oc4cccnc4)ccc3S2(=O)=O)c1. The number of carboxylic acid groups (broad SMARTS) is 1. The van der Waals surface area contributed by atoms with E-state index < -0.39 is 16.0 Å². The molecule has 3 aromatic rings. The quantitative estimate of drug-likeness (QED) is 0.744. The molecule has 2 aromatic carbocycles. The molecule has 1 aliphatic heterocycles. The Labute approximate surface area is 155 Å². The topological polar surface area (TPSA) is 96.8 Å². The zero-order chi connectivity index (χ0) is 19.0. The van der Waals surface area contributed by atoms with Crippen LogP contribution in [0.2, 0.25) is 0 Å². The smallest absolute Gasteiger partial charge is 0.335 e. The van der Waals surface area contributed by atoms with Crippen molar-refractivity contribution >= 4 is 21.7 Å². The van der Waals surface area contributed by atoms with E-state index in [0.717, 1.165) is 0 Å². The molecule has 2 heterocycles. The number of anilines is 1. The number of ether oxygens (including phenoxy) is 1. The van der Waals surface area contributed by atoms with E-state index in [9.17, 15) is 13.2 Å². The van der Waals surface area contributed by atoms with Crippen LogP contribution in [0.3, 0.4) is 0 Å². The van der Waals surface area contributed by atoms with Gasteiger partial charge in [-0.05, 0) is 54.1 Å². The molecule has 8 heteroatoms. The van der Waals surface area contributed by atoms with Crippen molar-refractivity contribution in [1.29, 1.82) is 0 Å². The molecule has 27 heavy (non-hydrogen) atoms. The second-order valence-corrected chi connectivity index (χ2v) is 7.76. The summed E-state index contributed by atoms with van der Waals surface area (Å²) in [4.78, 5) is 15.3. The van der Waals surface area contributed by atoms with E-state index in [2.05, 4.69) is 4.98 Å². The van der Waals surface area contributed by atoms with E-state index in [0.29, 0.717) is 22.7 Å². The summed E-state index contributed by atoms with van der Waals surface area (Å²) >= 11 is 0. The van der Waals surface area contributed by atoms with Crippen molar-refractivity contribution in [2.24, 2.45) is 0 Å². The summed E-state index contributed by atoms with van der Waals surface area (Å²) in [5, 5.41) is 9.14. The summed E-state index contributed by atoms with van der Waals surface area (Å²) < 4.78 is 32.6. The zero-order valence-electron chi connectivity index (χ0n) is 13.9. The van der Waals surface area contributed by atoms with Crippen molar-refractivity contribution < 1.29 is 23.1 Å². The Morgan fingerprint density at radius 2 is 1.93 bits per heavy atom. The molecule has 4 rings (SSSR count). The molecule has 0 saturated heterocycles. The number of carbonyl (C=O) groups is 1. The van der Waals surface area contributed by atoms with Gasteiger partial charge in [-0.2, -0.15) is 0 Å². The minimum absolute atomic E-state index is 0.0271. The molecule has 0 aliphatic carbocycles. The monoisotopic (exact) mass is 382 g/mol. The van der Waals surface area contributed by atoms with Crippen LogP contribution >= 0.6 is 0 Å². The average molecular weight is 382 g/mol. The summed E-state index contributed by atoms with van der Waals surface area (Å²) in [5.41, 5.74) is 0.914. The molecule has 0 atom stereocenters.